The first-order valence-corrected chi connectivity index (χ1v) is 18.5. The van der Waals surface area contributed by atoms with Crippen molar-refractivity contribution in [3.8, 4) is 0 Å². The molecule has 0 unspecified atom stereocenters. The lowest BCUT2D eigenvalue weighted by atomic mass is 10.2. The molecule has 1 N–H and O–H groups in total. The molecule has 0 atom stereocenters. The quantitative estimate of drug-likeness (QED) is 0.106. The summed E-state index contributed by atoms with van der Waals surface area (Å²) in [5, 5.41) is 12.1. The minimum absolute atomic E-state index is 0.666. The summed E-state index contributed by atoms with van der Waals surface area (Å²) in [6, 6.07) is 61.9. The van der Waals surface area contributed by atoms with Crippen molar-refractivity contribution in [3.63, 3.8) is 0 Å². The van der Waals surface area contributed by atoms with E-state index in [1.165, 1.54) is 43.2 Å². The van der Waals surface area contributed by atoms with Crippen molar-refractivity contribution in [1.82, 2.24) is 0 Å². The molecular weight excluding hydrogens is 582 g/mol. The average molecular weight is 623 g/mol. The molecule has 4 heteroatoms. The number of hydrogen-bond acceptors (Lipinski definition) is 2. The van der Waals surface area contributed by atoms with E-state index in [4.69, 9.17) is 0 Å². The third-order valence-electron chi connectivity index (χ3n) is 7.97. The summed E-state index contributed by atoms with van der Waals surface area (Å²) in [5.41, 5.74) is 2.58. The van der Waals surface area contributed by atoms with Gasteiger partial charge in [0.05, 0.1) is 0 Å². The van der Waals surface area contributed by atoms with Crippen molar-refractivity contribution >= 4 is 59.0 Å². The zero-order valence-corrected chi connectivity index (χ0v) is 27.6. The molecule has 0 aliphatic rings. The fraction of sp³-hybridized carbons (Fsp3) is 0.122. The molecule has 0 heterocycles. The van der Waals surface area contributed by atoms with Gasteiger partial charge < -0.3 is 10.2 Å². The summed E-state index contributed by atoms with van der Waals surface area (Å²) in [4.78, 5) is 2.56. The van der Waals surface area contributed by atoms with E-state index >= 15 is 0 Å². The molecule has 0 amide bonds. The number of nitrogens with zero attached hydrogens (tertiary/aromatic N) is 1. The maximum absolute atomic E-state index is 3.85. The maximum Gasteiger partial charge on any atom is 0.0450 e. The summed E-state index contributed by atoms with van der Waals surface area (Å²) in [7, 11) is -1.34. The summed E-state index contributed by atoms with van der Waals surface area (Å²) in [5.74, 6) is 0. The van der Waals surface area contributed by atoms with Crippen molar-refractivity contribution in [3.05, 3.63) is 170 Å². The molecule has 0 aliphatic carbocycles. The second-order valence-electron chi connectivity index (χ2n) is 10.9. The maximum atomic E-state index is 3.85. The molecule has 0 radical (unpaired) electrons. The molecule has 0 aliphatic heterocycles. The number of hydrogen-bond donors (Lipinski definition) is 1. The van der Waals surface area contributed by atoms with Gasteiger partial charge in [-0.25, -0.2) is 0 Å². The average Bonchev–Trinajstić information content (AvgIpc) is 3.11. The lowest BCUT2D eigenvalue weighted by Gasteiger charge is -2.30. The molecule has 45 heavy (non-hydrogen) atoms. The Morgan fingerprint density at radius 1 is 0.467 bits per heavy atom. The van der Waals surface area contributed by atoms with Crippen LogP contribution in [-0.2, 0) is 0 Å². The zero-order chi connectivity index (χ0) is 30.7. The number of nitrogens with one attached hydrogen (secondary N) is 1. The molecule has 0 fully saturated rings. The topological polar surface area (TPSA) is 15.3 Å². The van der Waals surface area contributed by atoms with Crippen LogP contribution in [0.1, 0.15) is 13.3 Å². The monoisotopic (exact) mass is 622 g/mol. The minimum Gasteiger partial charge on any atom is -0.384 e. The van der Waals surface area contributed by atoms with Gasteiger partial charge in [-0.15, -0.1) is 0 Å². The van der Waals surface area contributed by atoms with Crippen molar-refractivity contribution in [2.45, 2.75) is 13.3 Å². The Labute approximate surface area is 271 Å². The van der Waals surface area contributed by atoms with Crippen LogP contribution >= 0.6 is 15.8 Å². The van der Waals surface area contributed by atoms with Crippen molar-refractivity contribution in [1.29, 1.82) is 0 Å². The molecule has 0 spiro atoms. The van der Waals surface area contributed by atoms with E-state index in [1.807, 2.05) is 0 Å². The van der Waals surface area contributed by atoms with Crippen LogP contribution in [0.3, 0.4) is 0 Å². The van der Waals surface area contributed by atoms with Gasteiger partial charge in [0.2, 0.25) is 0 Å². The second kappa shape index (κ2) is 15.7. The van der Waals surface area contributed by atoms with Crippen LogP contribution in [-0.4, -0.2) is 19.6 Å². The number of para-hydroxylation sites is 2. The van der Waals surface area contributed by atoms with Gasteiger partial charge in [0.1, 0.15) is 0 Å². The van der Waals surface area contributed by atoms with E-state index < -0.39 is 15.8 Å². The molecule has 0 saturated heterocycles. The lowest BCUT2D eigenvalue weighted by Crippen LogP contribution is -2.32. The van der Waals surface area contributed by atoms with Gasteiger partial charge in [0.15, 0.2) is 0 Å². The highest BCUT2D eigenvalue weighted by molar-refractivity contribution is 7.80. The predicted octanol–water partition coefficient (Wildman–Crippen LogP) is 7.53. The minimum atomic E-state index is -0.671. The third-order valence-corrected chi connectivity index (χ3v) is 13.0. The van der Waals surface area contributed by atoms with Crippen LogP contribution < -0.4 is 42.0 Å². The Bertz CT molecular complexity index is 1670. The van der Waals surface area contributed by atoms with Crippen molar-refractivity contribution < 1.29 is 0 Å². The molecule has 2 nitrogen and oxygen atoms in total. The van der Waals surface area contributed by atoms with E-state index in [9.17, 15) is 0 Å². The van der Waals surface area contributed by atoms with Gasteiger partial charge in [-0.05, 0) is 62.5 Å². The predicted molar refractivity (Wildman–Crippen MR) is 201 cm³/mol. The Morgan fingerprint density at radius 2 is 0.867 bits per heavy atom. The summed E-state index contributed by atoms with van der Waals surface area (Å²) in [6.07, 6.45) is 1.04. The molecule has 6 rings (SSSR count). The Hall–Kier alpha value is -4.22. The van der Waals surface area contributed by atoms with Gasteiger partial charge in [0.25, 0.3) is 0 Å². The molecular formula is C41H40N2P2. The Kier molecular flexibility index (Phi) is 10.7. The van der Waals surface area contributed by atoms with E-state index in [0.29, 0.717) is 0 Å². The molecule has 224 valence electrons. The molecule has 6 aromatic rings. The first kappa shape index (κ1) is 30.8. The first-order valence-electron chi connectivity index (χ1n) is 15.8. The first-order chi connectivity index (χ1) is 22.3. The number of benzene rings is 6. The fourth-order valence-corrected chi connectivity index (χ4v) is 10.7. The fourth-order valence-electron chi connectivity index (χ4n) is 5.84. The van der Waals surface area contributed by atoms with Gasteiger partial charge in [0, 0.05) is 41.6 Å². The van der Waals surface area contributed by atoms with Gasteiger partial charge in [-0.2, -0.15) is 0 Å². The summed E-state index contributed by atoms with van der Waals surface area (Å²) < 4.78 is 0. The molecule has 0 aromatic heterocycles. The standard InChI is InChI=1S/C41H40N2P2/c1-2-43(39-29-16-18-31-41(39)45(36-24-11-5-12-25-36)37-26-13-6-14-27-37)33-19-32-42-38-28-15-17-30-40(38)44(34-20-7-3-8-21-34)35-22-9-4-10-23-35/h3-18,20-31,42H,2,19,32-33H2,1H3. The second-order valence-corrected chi connectivity index (χ2v) is 15.2. The Morgan fingerprint density at radius 3 is 1.36 bits per heavy atom. The van der Waals surface area contributed by atoms with Crippen LogP contribution in [0.25, 0.3) is 0 Å². The van der Waals surface area contributed by atoms with Gasteiger partial charge in [-0.3, -0.25) is 0 Å². The smallest absolute Gasteiger partial charge is 0.0450 e. The lowest BCUT2D eigenvalue weighted by molar-refractivity contribution is 0.771. The van der Waals surface area contributed by atoms with Crippen LogP contribution in [0.15, 0.2) is 170 Å². The van der Waals surface area contributed by atoms with Crippen molar-refractivity contribution in [2.24, 2.45) is 0 Å². The highest BCUT2D eigenvalue weighted by Crippen LogP contribution is 2.37. The SMILES string of the molecule is CCN(CCCNc1ccccc1P(c1ccccc1)c1ccccc1)c1ccccc1P(c1ccccc1)c1ccccc1. The van der Waals surface area contributed by atoms with E-state index in [0.717, 1.165) is 26.1 Å². The zero-order valence-electron chi connectivity index (χ0n) is 25.8. The van der Waals surface area contributed by atoms with Crippen LogP contribution in [0.2, 0.25) is 0 Å². The van der Waals surface area contributed by atoms with Crippen LogP contribution in [0.4, 0.5) is 11.4 Å². The van der Waals surface area contributed by atoms with Crippen LogP contribution in [0, 0.1) is 0 Å². The summed E-state index contributed by atoms with van der Waals surface area (Å²) >= 11 is 0. The largest absolute Gasteiger partial charge is 0.384 e. The van der Waals surface area contributed by atoms with Crippen LogP contribution in [0.5, 0.6) is 0 Å². The third kappa shape index (κ3) is 7.54. The van der Waals surface area contributed by atoms with Gasteiger partial charge in [-0.1, -0.05) is 158 Å². The van der Waals surface area contributed by atoms with E-state index in [1.54, 1.807) is 0 Å². The number of rotatable bonds is 13. The van der Waals surface area contributed by atoms with Gasteiger partial charge >= 0.3 is 0 Å². The number of anilines is 2. The van der Waals surface area contributed by atoms with Crippen molar-refractivity contribution in [2.75, 3.05) is 29.9 Å². The molecule has 0 saturated carbocycles. The molecule has 6 aromatic carbocycles. The Balaban J connectivity index is 1.21. The summed E-state index contributed by atoms with van der Waals surface area (Å²) in [6.45, 7) is 5.14. The molecule has 0 bridgehead atoms. The van der Waals surface area contributed by atoms with E-state index in [2.05, 4.69) is 187 Å². The normalized spacial score (nSPS) is 11.1. The highest BCUT2D eigenvalue weighted by atomic mass is 31.1. The van der Waals surface area contributed by atoms with E-state index in [-0.39, 0.29) is 0 Å². The highest BCUT2D eigenvalue weighted by Gasteiger charge is 2.22.